The fourth-order valence-electron chi connectivity index (χ4n) is 3.05. The third-order valence-electron chi connectivity index (χ3n) is 4.62. The highest BCUT2D eigenvalue weighted by Gasteiger charge is 2.36. The first-order valence-corrected chi connectivity index (χ1v) is 6.54. The second-order valence-corrected chi connectivity index (χ2v) is 5.97. The van der Waals surface area contributed by atoms with E-state index < -0.39 is 0 Å². The Labute approximate surface area is 94.6 Å². The van der Waals surface area contributed by atoms with Crippen LogP contribution in [0.4, 0.5) is 0 Å². The zero-order valence-electron chi connectivity index (χ0n) is 10.6. The number of hydrogen-bond acceptors (Lipinski definition) is 2. The Kier molecular flexibility index (Phi) is 3.36. The molecule has 1 aliphatic heterocycles. The van der Waals surface area contributed by atoms with Gasteiger partial charge < -0.3 is 4.90 Å². The van der Waals surface area contributed by atoms with Crippen molar-refractivity contribution in [3.05, 3.63) is 0 Å². The van der Waals surface area contributed by atoms with Crippen LogP contribution in [0.1, 0.15) is 39.5 Å². The number of hydrogen-bond donors (Lipinski definition) is 0. The molecule has 2 rings (SSSR count). The first-order valence-electron chi connectivity index (χ1n) is 6.54. The molecule has 0 bridgehead atoms. The fraction of sp³-hybridized carbons (Fsp3) is 1.00. The van der Waals surface area contributed by atoms with Gasteiger partial charge >= 0.3 is 0 Å². The second kappa shape index (κ2) is 4.42. The van der Waals surface area contributed by atoms with Crippen molar-refractivity contribution in [1.29, 1.82) is 0 Å². The van der Waals surface area contributed by atoms with Crippen LogP contribution in [-0.2, 0) is 0 Å². The molecule has 1 saturated carbocycles. The summed E-state index contributed by atoms with van der Waals surface area (Å²) in [6.07, 6.45) is 5.70. The van der Waals surface area contributed by atoms with Gasteiger partial charge in [0.15, 0.2) is 0 Å². The van der Waals surface area contributed by atoms with E-state index in [-0.39, 0.29) is 0 Å². The minimum absolute atomic E-state index is 0.522. The highest BCUT2D eigenvalue weighted by Crippen LogP contribution is 2.36. The van der Waals surface area contributed by atoms with Crippen molar-refractivity contribution in [2.75, 3.05) is 33.2 Å². The molecule has 0 amide bonds. The quantitative estimate of drug-likeness (QED) is 0.655. The van der Waals surface area contributed by atoms with Crippen LogP contribution in [0.3, 0.4) is 0 Å². The van der Waals surface area contributed by atoms with Crippen LogP contribution in [-0.4, -0.2) is 48.6 Å². The van der Waals surface area contributed by atoms with Gasteiger partial charge in [-0.05, 0) is 45.6 Å². The summed E-state index contributed by atoms with van der Waals surface area (Å²) in [7, 11) is 2.24. The van der Waals surface area contributed by atoms with Gasteiger partial charge in [-0.2, -0.15) is 0 Å². The van der Waals surface area contributed by atoms with E-state index in [0.717, 1.165) is 5.92 Å². The standard InChI is InChI=1S/C13H26N2/c1-12-4-6-13(2,7-5-12)15-10-8-14(3)9-11-15/h12H,4-11H2,1-3H3. The van der Waals surface area contributed by atoms with Crippen LogP contribution in [0.25, 0.3) is 0 Å². The lowest BCUT2D eigenvalue weighted by Gasteiger charge is -2.48. The maximum absolute atomic E-state index is 2.75. The summed E-state index contributed by atoms with van der Waals surface area (Å²) in [5.74, 6) is 0.963. The molecule has 0 spiro atoms. The summed E-state index contributed by atoms with van der Waals surface area (Å²) >= 11 is 0. The summed E-state index contributed by atoms with van der Waals surface area (Å²) in [6, 6.07) is 0. The molecular formula is C13H26N2. The Bertz CT molecular complexity index is 199. The third-order valence-corrected chi connectivity index (χ3v) is 4.62. The maximum Gasteiger partial charge on any atom is 0.0182 e. The number of likely N-dealkylation sites (N-methyl/N-ethyl adjacent to an activating group) is 1. The van der Waals surface area contributed by atoms with Gasteiger partial charge in [0.1, 0.15) is 0 Å². The molecule has 0 radical (unpaired) electrons. The molecule has 88 valence electrons. The summed E-state index contributed by atoms with van der Waals surface area (Å²) < 4.78 is 0. The molecule has 2 fully saturated rings. The maximum atomic E-state index is 2.75. The van der Waals surface area contributed by atoms with Gasteiger partial charge in [0.05, 0.1) is 0 Å². The molecule has 0 aromatic heterocycles. The molecule has 2 heteroatoms. The predicted octanol–water partition coefficient (Wildman–Crippen LogP) is 2.20. The Morgan fingerprint density at radius 1 is 1.00 bits per heavy atom. The van der Waals surface area contributed by atoms with Crippen molar-refractivity contribution in [3.63, 3.8) is 0 Å². The number of nitrogens with zero attached hydrogens (tertiary/aromatic N) is 2. The van der Waals surface area contributed by atoms with E-state index in [1.807, 2.05) is 0 Å². The predicted molar refractivity (Wildman–Crippen MR) is 65.1 cm³/mol. The largest absolute Gasteiger partial charge is 0.304 e. The highest BCUT2D eigenvalue weighted by atomic mass is 15.3. The van der Waals surface area contributed by atoms with E-state index >= 15 is 0 Å². The third kappa shape index (κ3) is 2.54. The first kappa shape index (κ1) is 11.4. The zero-order chi connectivity index (χ0) is 10.9. The smallest absolute Gasteiger partial charge is 0.0182 e. The van der Waals surface area contributed by atoms with Crippen LogP contribution in [0.15, 0.2) is 0 Å². The van der Waals surface area contributed by atoms with Crippen LogP contribution >= 0.6 is 0 Å². The zero-order valence-corrected chi connectivity index (χ0v) is 10.6. The Hall–Kier alpha value is -0.0800. The second-order valence-electron chi connectivity index (χ2n) is 5.97. The molecule has 0 atom stereocenters. The van der Waals surface area contributed by atoms with Crippen molar-refractivity contribution in [2.24, 2.45) is 5.92 Å². The van der Waals surface area contributed by atoms with Crippen molar-refractivity contribution in [1.82, 2.24) is 9.80 Å². The minimum Gasteiger partial charge on any atom is -0.304 e. The lowest BCUT2D eigenvalue weighted by atomic mass is 9.77. The summed E-state index contributed by atoms with van der Waals surface area (Å²) in [6.45, 7) is 9.97. The summed E-state index contributed by atoms with van der Waals surface area (Å²) in [5, 5.41) is 0. The van der Waals surface area contributed by atoms with E-state index in [1.165, 1.54) is 51.9 Å². The van der Waals surface area contributed by atoms with E-state index in [1.54, 1.807) is 0 Å². The van der Waals surface area contributed by atoms with Crippen LogP contribution < -0.4 is 0 Å². The average molecular weight is 210 g/mol. The molecule has 0 aromatic rings. The van der Waals surface area contributed by atoms with Gasteiger partial charge in [0.2, 0.25) is 0 Å². The van der Waals surface area contributed by atoms with Gasteiger partial charge in [0, 0.05) is 31.7 Å². The molecule has 1 saturated heterocycles. The topological polar surface area (TPSA) is 6.48 Å². The highest BCUT2D eigenvalue weighted by molar-refractivity contribution is 4.92. The van der Waals surface area contributed by atoms with E-state index in [9.17, 15) is 0 Å². The molecule has 0 aromatic carbocycles. The van der Waals surface area contributed by atoms with Gasteiger partial charge in [0.25, 0.3) is 0 Å². The Morgan fingerprint density at radius 2 is 1.53 bits per heavy atom. The van der Waals surface area contributed by atoms with E-state index in [0.29, 0.717) is 5.54 Å². The van der Waals surface area contributed by atoms with Crippen molar-refractivity contribution in [2.45, 2.75) is 45.1 Å². The van der Waals surface area contributed by atoms with E-state index in [2.05, 4.69) is 30.7 Å². The van der Waals surface area contributed by atoms with Crippen LogP contribution in [0, 0.1) is 5.92 Å². The summed E-state index contributed by atoms with van der Waals surface area (Å²) in [5.41, 5.74) is 0.522. The molecule has 0 unspecified atom stereocenters. The summed E-state index contributed by atoms with van der Waals surface area (Å²) in [4.78, 5) is 5.20. The monoisotopic (exact) mass is 210 g/mol. The number of piperazine rings is 1. The Balaban J connectivity index is 1.91. The lowest BCUT2D eigenvalue weighted by Crippen LogP contribution is -2.56. The van der Waals surface area contributed by atoms with Gasteiger partial charge in [-0.25, -0.2) is 0 Å². The van der Waals surface area contributed by atoms with Crippen LogP contribution in [0.5, 0.6) is 0 Å². The fourth-order valence-corrected chi connectivity index (χ4v) is 3.05. The molecule has 15 heavy (non-hydrogen) atoms. The normalized spacial score (nSPS) is 40.6. The minimum atomic E-state index is 0.522. The Morgan fingerprint density at radius 3 is 2.07 bits per heavy atom. The number of rotatable bonds is 1. The van der Waals surface area contributed by atoms with Crippen molar-refractivity contribution in [3.8, 4) is 0 Å². The van der Waals surface area contributed by atoms with Crippen molar-refractivity contribution < 1.29 is 0 Å². The molecule has 0 N–H and O–H groups in total. The van der Waals surface area contributed by atoms with Gasteiger partial charge in [-0.3, -0.25) is 4.90 Å². The SMILES string of the molecule is CC1CCC(C)(N2CCN(C)CC2)CC1. The molecule has 2 aliphatic rings. The van der Waals surface area contributed by atoms with Crippen LogP contribution in [0.2, 0.25) is 0 Å². The van der Waals surface area contributed by atoms with Crippen molar-refractivity contribution >= 4 is 0 Å². The molecular weight excluding hydrogens is 184 g/mol. The average Bonchev–Trinajstić information content (AvgIpc) is 2.24. The lowest BCUT2D eigenvalue weighted by molar-refractivity contribution is 0.0176. The first-order chi connectivity index (χ1) is 7.10. The van der Waals surface area contributed by atoms with Gasteiger partial charge in [-0.1, -0.05) is 6.92 Å². The molecule has 1 heterocycles. The van der Waals surface area contributed by atoms with E-state index in [4.69, 9.17) is 0 Å². The molecule has 1 aliphatic carbocycles. The molecule has 2 nitrogen and oxygen atoms in total. The van der Waals surface area contributed by atoms with Gasteiger partial charge in [-0.15, -0.1) is 0 Å².